The van der Waals surface area contributed by atoms with Crippen molar-refractivity contribution in [3.63, 3.8) is 0 Å². The van der Waals surface area contributed by atoms with Gasteiger partial charge in [-0.25, -0.2) is 0 Å². The number of nitrogens with zero attached hydrogens (tertiary/aromatic N) is 1. The lowest BCUT2D eigenvalue weighted by atomic mass is 9.91. The van der Waals surface area contributed by atoms with Crippen molar-refractivity contribution < 1.29 is 4.74 Å². The van der Waals surface area contributed by atoms with Gasteiger partial charge in [-0.1, -0.05) is 13.0 Å². The van der Waals surface area contributed by atoms with Crippen LogP contribution in [0.1, 0.15) is 39.5 Å². The van der Waals surface area contributed by atoms with Gasteiger partial charge in [0.25, 0.3) is 0 Å². The molecule has 0 aromatic rings. The molecule has 19 heavy (non-hydrogen) atoms. The summed E-state index contributed by atoms with van der Waals surface area (Å²) in [6.07, 6.45) is 6.84. The predicted octanol–water partition coefficient (Wildman–Crippen LogP) is 2.68. The van der Waals surface area contributed by atoms with Gasteiger partial charge in [0.15, 0.2) is 0 Å². The zero-order valence-electron chi connectivity index (χ0n) is 12.9. The summed E-state index contributed by atoms with van der Waals surface area (Å²) in [5.74, 6) is 0.800. The SMILES string of the molecule is C=CCCOCCNC(C)C1CCCN(CCC)C1. The van der Waals surface area contributed by atoms with Crippen molar-refractivity contribution in [1.82, 2.24) is 10.2 Å². The summed E-state index contributed by atoms with van der Waals surface area (Å²) in [7, 11) is 0. The van der Waals surface area contributed by atoms with E-state index in [9.17, 15) is 0 Å². The molecule has 2 unspecified atom stereocenters. The second kappa shape index (κ2) is 10.4. The van der Waals surface area contributed by atoms with Crippen LogP contribution < -0.4 is 5.32 Å². The van der Waals surface area contributed by atoms with Crippen LogP contribution in [0.5, 0.6) is 0 Å². The highest BCUT2D eigenvalue weighted by Crippen LogP contribution is 2.19. The van der Waals surface area contributed by atoms with E-state index >= 15 is 0 Å². The number of piperidine rings is 1. The Morgan fingerprint density at radius 2 is 2.32 bits per heavy atom. The summed E-state index contributed by atoms with van der Waals surface area (Å²) in [5, 5.41) is 3.61. The van der Waals surface area contributed by atoms with Gasteiger partial charge in [0.1, 0.15) is 0 Å². The van der Waals surface area contributed by atoms with Gasteiger partial charge in [0.2, 0.25) is 0 Å². The van der Waals surface area contributed by atoms with Crippen LogP contribution in [-0.4, -0.2) is 50.3 Å². The van der Waals surface area contributed by atoms with Crippen molar-refractivity contribution in [2.75, 3.05) is 39.4 Å². The van der Waals surface area contributed by atoms with Crippen LogP contribution in [0.25, 0.3) is 0 Å². The molecule has 0 saturated carbocycles. The molecular weight excluding hydrogens is 236 g/mol. The van der Waals surface area contributed by atoms with Crippen molar-refractivity contribution in [3.8, 4) is 0 Å². The molecular formula is C16H32N2O. The summed E-state index contributed by atoms with van der Waals surface area (Å²) >= 11 is 0. The predicted molar refractivity (Wildman–Crippen MR) is 82.6 cm³/mol. The Bertz CT molecular complexity index is 231. The molecule has 0 radical (unpaired) electrons. The fourth-order valence-electron chi connectivity index (χ4n) is 2.81. The van der Waals surface area contributed by atoms with Gasteiger partial charge < -0.3 is 15.0 Å². The average Bonchev–Trinajstić information content (AvgIpc) is 2.43. The molecule has 1 saturated heterocycles. The van der Waals surface area contributed by atoms with E-state index in [2.05, 4.69) is 30.6 Å². The molecule has 1 rings (SSSR count). The summed E-state index contributed by atoms with van der Waals surface area (Å²) in [6, 6.07) is 0.600. The molecule has 1 heterocycles. The molecule has 2 atom stereocenters. The minimum Gasteiger partial charge on any atom is -0.380 e. The maximum Gasteiger partial charge on any atom is 0.0591 e. The van der Waals surface area contributed by atoms with Gasteiger partial charge in [-0.3, -0.25) is 0 Å². The molecule has 3 nitrogen and oxygen atoms in total. The van der Waals surface area contributed by atoms with Crippen molar-refractivity contribution >= 4 is 0 Å². The molecule has 0 amide bonds. The molecule has 1 aliphatic rings. The second-order valence-corrected chi connectivity index (χ2v) is 5.64. The molecule has 1 fully saturated rings. The highest BCUT2D eigenvalue weighted by atomic mass is 16.5. The number of rotatable bonds is 10. The molecule has 0 spiro atoms. The first-order chi connectivity index (χ1) is 9.27. The van der Waals surface area contributed by atoms with Gasteiger partial charge in [-0.05, 0) is 51.6 Å². The summed E-state index contributed by atoms with van der Waals surface area (Å²) in [4.78, 5) is 2.62. The zero-order valence-corrected chi connectivity index (χ0v) is 12.9. The third kappa shape index (κ3) is 7.09. The molecule has 0 aromatic carbocycles. The molecule has 3 heteroatoms. The van der Waals surface area contributed by atoms with Crippen LogP contribution in [0.3, 0.4) is 0 Å². The molecule has 1 aliphatic heterocycles. The lowest BCUT2D eigenvalue weighted by Crippen LogP contribution is -2.45. The highest BCUT2D eigenvalue weighted by Gasteiger charge is 2.23. The summed E-state index contributed by atoms with van der Waals surface area (Å²) in [6.45, 7) is 14.7. The summed E-state index contributed by atoms with van der Waals surface area (Å²) < 4.78 is 5.53. The van der Waals surface area contributed by atoms with Crippen LogP contribution in [-0.2, 0) is 4.74 Å². The minimum atomic E-state index is 0.600. The van der Waals surface area contributed by atoms with Crippen molar-refractivity contribution in [2.45, 2.75) is 45.6 Å². The number of hydrogen-bond acceptors (Lipinski definition) is 3. The minimum absolute atomic E-state index is 0.600. The normalized spacial score (nSPS) is 22.3. The number of ether oxygens (including phenoxy) is 1. The third-order valence-electron chi connectivity index (χ3n) is 3.97. The van der Waals surface area contributed by atoms with E-state index in [0.29, 0.717) is 6.04 Å². The zero-order chi connectivity index (χ0) is 13.9. The largest absolute Gasteiger partial charge is 0.380 e. The lowest BCUT2D eigenvalue weighted by Gasteiger charge is -2.36. The molecule has 0 aliphatic carbocycles. The Morgan fingerprint density at radius 3 is 3.05 bits per heavy atom. The van der Waals surface area contributed by atoms with Gasteiger partial charge in [-0.15, -0.1) is 6.58 Å². The Balaban J connectivity index is 2.10. The first-order valence-corrected chi connectivity index (χ1v) is 7.92. The van der Waals surface area contributed by atoms with Gasteiger partial charge in [-0.2, -0.15) is 0 Å². The Labute approximate surface area is 119 Å². The molecule has 0 aromatic heterocycles. The fourth-order valence-corrected chi connectivity index (χ4v) is 2.81. The van der Waals surface area contributed by atoms with Crippen molar-refractivity contribution in [1.29, 1.82) is 0 Å². The maximum absolute atomic E-state index is 5.53. The smallest absolute Gasteiger partial charge is 0.0591 e. The first kappa shape index (κ1) is 16.7. The fraction of sp³-hybridized carbons (Fsp3) is 0.875. The van der Waals surface area contributed by atoms with E-state index in [4.69, 9.17) is 4.74 Å². The van der Waals surface area contributed by atoms with Crippen molar-refractivity contribution in [2.24, 2.45) is 5.92 Å². The second-order valence-electron chi connectivity index (χ2n) is 5.64. The summed E-state index contributed by atoms with van der Waals surface area (Å²) in [5.41, 5.74) is 0. The van der Waals surface area contributed by atoms with Crippen LogP contribution in [0.15, 0.2) is 12.7 Å². The number of hydrogen-bond donors (Lipinski definition) is 1. The monoisotopic (exact) mass is 268 g/mol. The highest BCUT2D eigenvalue weighted by molar-refractivity contribution is 4.80. The number of likely N-dealkylation sites (tertiary alicyclic amines) is 1. The van der Waals surface area contributed by atoms with E-state index < -0.39 is 0 Å². The Morgan fingerprint density at radius 1 is 1.47 bits per heavy atom. The average molecular weight is 268 g/mol. The number of nitrogens with one attached hydrogen (secondary N) is 1. The quantitative estimate of drug-likeness (QED) is 0.487. The maximum atomic E-state index is 5.53. The standard InChI is InChI=1S/C16H32N2O/c1-4-6-12-19-13-9-17-15(3)16-8-7-11-18(14-16)10-5-2/h4,15-17H,1,5-14H2,2-3H3. The van der Waals surface area contributed by atoms with E-state index in [-0.39, 0.29) is 0 Å². The van der Waals surface area contributed by atoms with Crippen LogP contribution in [0.4, 0.5) is 0 Å². The molecule has 112 valence electrons. The van der Waals surface area contributed by atoms with Crippen LogP contribution >= 0.6 is 0 Å². The van der Waals surface area contributed by atoms with E-state index in [0.717, 1.165) is 32.1 Å². The van der Waals surface area contributed by atoms with Gasteiger partial charge in [0, 0.05) is 19.1 Å². The van der Waals surface area contributed by atoms with Crippen molar-refractivity contribution in [3.05, 3.63) is 12.7 Å². The topological polar surface area (TPSA) is 24.5 Å². The lowest BCUT2D eigenvalue weighted by molar-refractivity contribution is 0.124. The van der Waals surface area contributed by atoms with Gasteiger partial charge >= 0.3 is 0 Å². The van der Waals surface area contributed by atoms with Crippen LogP contribution in [0.2, 0.25) is 0 Å². The molecule has 0 bridgehead atoms. The van der Waals surface area contributed by atoms with Gasteiger partial charge in [0.05, 0.1) is 13.2 Å². The third-order valence-corrected chi connectivity index (χ3v) is 3.97. The Kier molecular flexibility index (Phi) is 9.14. The van der Waals surface area contributed by atoms with E-state index in [1.807, 2.05) is 6.08 Å². The van der Waals surface area contributed by atoms with Crippen LogP contribution in [0, 0.1) is 5.92 Å². The van der Waals surface area contributed by atoms with E-state index in [1.165, 1.54) is 38.9 Å². The molecule has 1 N–H and O–H groups in total. The van der Waals surface area contributed by atoms with E-state index in [1.54, 1.807) is 0 Å². The first-order valence-electron chi connectivity index (χ1n) is 7.92. The Hall–Kier alpha value is -0.380.